The molecule has 2 bridgehead atoms. The number of fused-ring (bicyclic) bond motifs is 2. The molecule has 7 rings (SSSR count). The number of hydrogen-bond acceptors (Lipinski definition) is 17. The molecule has 6 N–H and O–H groups in total. The van der Waals surface area contributed by atoms with Crippen molar-refractivity contribution in [3.63, 3.8) is 0 Å². The summed E-state index contributed by atoms with van der Waals surface area (Å²) >= 11 is 0. The van der Waals surface area contributed by atoms with Crippen LogP contribution in [0.25, 0.3) is 5.32 Å². The van der Waals surface area contributed by atoms with E-state index in [-0.39, 0.29) is 93.8 Å². The lowest BCUT2D eigenvalue weighted by atomic mass is 9.58. The van der Waals surface area contributed by atoms with Gasteiger partial charge in [0.05, 0.1) is 124 Å². The van der Waals surface area contributed by atoms with Crippen LogP contribution in [0.3, 0.4) is 0 Å². The zero-order chi connectivity index (χ0) is 63.4. The van der Waals surface area contributed by atoms with Gasteiger partial charge in [0.25, 0.3) is 0 Å². The Hall–Kier alpha value is -5.42. The molecule has 3 atom stereocenters. The molecule has 89 heavy (non-hydrogen) atoms. The first-order chi connectivity index (χ1) is 43.0. The van der Waals surface area contributed by atoms with Gasteiger partial charge in [-0.1, -0.05) is 30.3 Å². The maximum absolute atomic E-state index is 13.9. The summed E-state index contributed by atoms with van der Waals surface area (Å²) < 4.78 is 117. The molecule has 5 fully saturated rings. The minimum atomic E-state index is -2.69. The largest absolute Gasteiger partial charge is 0.687 e. The van der Waals surface area contributed by atoms with Crippen LogP contribution in [0.2, 0.25) is 0 Å². The number of nitrogens with one attached hydrogen (secondary N) is 4. The number of alkyl halides is 2. The number of nitrogens with two attached hydrogens (primary N) is 1. The molecule has 5 aliphatic rings. The molecule has 26 heteroatoms. The molecule has 498 valence electrons. The second-order valence-corrected chi connectivity index (χ2v) is 23.7. The molecule has 3 saturated heterocycles. The van der Waals surface area contributed by atoms with Gasteiger partial charge in [0.15, 0.2) is 11.6 Å². The number of carbonyl (C=O) groups excluding carboxylic acids is 3. The van der Waals surface area contributed by atoms with E-state index in [2.05, 4.69) is 25.7 Å². The number of amidine groups is 2. The van der Waals surface area contributed by atoms with Crippen molar-refractivity contribution in [3.05, 3.63) is 82.7 Å². The van der Waals surface area contributed by atoms with Crippen molar-refractivity contribution in [1.82, 2.24) is 25.4 Å². The van der Waals surface area contributed by atoms with Crippen molar-refractivity contribution in [2.45, 2.75) is 133 Å². The quantitative estimate of drug-likeness (QED) is 0.00620. The van der Waals surface area contributed by atoms with E-state index in [0.29, 0.717) is 147 Å². The Balaban J connectivity index is 0.649. The second-order valence-electron chi connectivity index (χ2n) is 23.7. The molecule has 3 heterocycles. The van der Waals surface area contributed by atoms with Crippen LogP contribution in [0.5, 0.6) is 5.75 Å². The lowest BCUT2D eigenvalue weighted by molar-refractivity contribution is -0.138. The number of rotatable bonds is 40. The van der Waals surface area contributed by atoms with Crippen LogP contribution in [0, 0.1) is 45.5 Å². The first kappa shape index (κ1) is 71.0. The fraction of sp³-hybridized carbons (Fsp3) is 0.698. The highest BCUT2D eigenvalue weighted by atomic mass is 19.3. The van der Waals surface area contributed by atoms with Crippen LogP contribution in [0.4, 0.5) is 22.0 Å². The van der Waals surface area contributed by atoms with Gasteiger partial charge in [-0.3, -0.25) is 35.9 Å². The molecule has 21 nitrogen and oxygen atoms in total. The van der Waals surface area contributed by atoms with Crippen molar-refractivity contribution >= 4 is 29.5 Å². The number of likely N-dealkylation sites (tertiary alicyclic amines) is 1. The zero-order valence-corrected chi connectivity index (χ0v) is 51.5. The Morgan fingerprint density at radius 2 is 1.29 bits per heavy atom. The average Bonchev–Trinajstić information content (AvgIpc) is 1.49. The maximum atomic E-state index is 13.9. The van der Waals surface area contributed by atoms with E-state index in [1.54, 1.807) is 13.1 Å². The minimum Gasteiger partial charge on any atom is -0.687 e. The zero-order valence-electron chi connectivity index (χ0n) is 51.5. The monoisotopic (exact) mass is 1260 g/mol. The van der Waals surface area contributed by atoms with Crippen LogP contribution in [-0.4, -0.2) is 200 Å². The van der Waals surface area contributed by atoms with Crippen LogP contribution in [0.1, 0.15) is 115 Å². The van der Waals surface area contributed by atoms with Gasteiger partial charge < -0.3 is 68.5 Å². The van der Waals surface area contributed by atoms with Gasteiger partial charge in [-0.2, -0.15) is 6.20 Å². The second kappa shape index (κ2) is 37.2. The van der Waals surface area contributed by atoms with Crippen molar-refractivity contribution in [3.8, 4) is 5.75 Å². The van der Waals surface area contributed by atoms with Crippen LogP contribution in [0.15, 0.2) is 54.4 Å². The van der Waals surface area contributed by atoms with Gasteiger partial charge in [-0.25, -0.2) is 22.0 Å². The van der Waals surface area contributed by atoms with Gasteiger partial charge in [0.2, 0.25) is 23.5 Å². The molecular weight excluding hydrogens is 1170 g/mol. The summed E-state index contributed by atoms with van der Waals surface area (Å²) in [6.07, 6.45) is 9.69. The van der Waals surface area contributed by atoms with Crippen molar-refractivity contribution in [1.29, 1.82) is 10.8 Å². The van der Waals surface area contributed by atoms with Crippen molar-refractivity contribution in [2.75, 3.05) is 132 Å². The molecule has 1 spiro atoms. The van der Waals surface area contributed by atoms with Gasteiger partial charge >= 0.3 is 5.97 Å². The van der Waals surface area contributed by atoms with Gasteiger partial charge in [0.1, 0.15) is 11.7 Å². The molecule has 3 aliphatic heterocycles. The van der Waals surface area contributed by atoms with Crippen molar-refractivity contribution in [2.24, 2.45) is 23.1 Å². The number of carbonyl (C=O) groups is 3. The van der Waals surface area contributed by atoms with E-state index in [1.807, 2.05) is 40.1 Å². The van der Waals surface area contributed by atoms with E-state index in [1.165, 1.54) is 0 Å². The topological polar surface area (TPSA) is 256 Å². The SMILES string of the molecule is CC(=N)N(C(=N)C1CC2(CCCN(C(=O)CCOCCOCCOCCOC/C(=C/[N-]CCOCCOCCOCCOCCC(=O)Oc3c(F)cc(F)cc3F)NN)C2)C1)C1CC2CCC(C1)N2CC[C@H](NC(=O)C1CCC(F)(F)CC1)c1ccccc1. The average molecular weight is 1260 g/mol. The standard InChI is InChI=1S/C63H93F5N9O12/c1-45(69)77(53-38-51-8-9-52(39-53)76(51)20-12-56(46-6-3-2-4-7-46)73-61(80)47-10-16-63(67,68)17-11-47)60(70)48-40-62(41-48)15-5-19-75(44-62)57(78)13-21-81-24-27-84-32-33-87-34-35-88-43-50(74-71)42-72-18-23-83-26-29-86-31-30-85-28-25-82-22-14-58(79)89-59-54(65)36-49(64)37-55(59)66/h2-4,6-7,36-37,42,47-48,51-53,56,69-70,74H,5,8-35,38-41,43-44,71H2,1H3,(H,73,80)/q-1/b50-42-,69-45?,70-60?/t48?,51?,52?,53?,56-,62?/m0/s1. The lowest BCUT2D eigenvalue weighted by Gasteiger charge is -2.55. The number of ether oxygens (including phenoxy) is 9. The third kappa shape index (κ3) is 23.3. The number of halogens is 5. The number of hydrazine groups is 1. The van der Waals surface area contributed by atoms with E-state index < -0.39 is 41.0 Å². The summed E-state index contributed by atoms with van der Waals surface area (Å²) in [4.78, 5) is 45.1. The van der Waals surface area contributed by atoms with Gasteiger partial charge in [-0.15, -0.1) is 6.54 Å². The summed E-state index contributed by atoms with van der Waals surface area (Å²) in [6, 6.07) is 11.2. The highest BCUT2D eigenvalue weighted by Crippen LogP contribution is 2.52. The maximum Gasteiger partial charge on any atom is 0.313 e. The molecule has 2 saturated carbocycles. The molecule has 2 aliphatic carbocycles. The summed E-state index contributed by atoms with van der Waals surface area (Å²) in [5.74, 6) is -2.20. The van der Waals surface area contributed by atoms with Gasteiger partial charge in [0, 0.05) is 86.9 Å². The number of benzene rings is 2. The number of piperidine rings is 2. The van der Waals surface area contributed by atoms with E-state index in [0.717, 1.165) is 70.0 Å². The third-order valence-corrected chi connectivity index (χ3v) is 17.3. The Morgan fingerprint density at radius 3 is 1.87 bits per heavy atom. The predicted octanol–water partition coefficient (Wildman–Crippen LogP) is 7.96. The van der Waals surface area contributed by atoms with Crippen LogP contribution >= 0.6 is 0 Å². The predicted molar refractivity (Wildman–Crippen MR) is 321 cm³/mol. The Kier molecular flexibility index (Phi) is 29.7. The number of esters is 1. The van der Waals surface area contributed by atoms with Crippen LogP contribution < -0.4 is 21.3 Å². The molecule has 2 amide bonds. The molecule has 0 radical (unpaired) electrons. The van der Waals surface area contributed by atoms with E-state index in [9.17, 15) is 41.7 Å². The minimum absolute atomic E-state index is 0.0106. The van der Waals surface area contributed by atoms with Crippen LogP contribution in [-0.2, 0) is 52.3 Å². The lowest BCUT2D eigenvalue weighted by Crippen LogP contribution is -2.58. The van der Waals surface area contributed by atoms with E-state index in [4.69, 9.17) is 49.1 Å². The molecule has 2 aromatic carbocycles. The fourth-order valence-electron chi connectivity index (χ4n) is 12.8. The summed E-state index contributed by atoms with van der Waals surface area (Å²) in [5, 5.41) is 25.9. The number of hydrogen-bond donors (Lipinski definition) is 5. The number of amides is 2. The Bertz CT molecular complexity index is 2510. The summed E-state index contributed by atoms with van der Waals surface area (Å²) in [7, 11) is 0. The highest BCUT2D eigenvalue weighted by Gasteiger charge is 2.51. The molecule has 2 aromatic rings. The first-order valence-electron chi connectivity index (χ1n) is 31.5. The smallest absolute Gasteiger partial charge is 0.313 e. The first-order valence-corrected chi connectivity index (χ1v) is 31.5. The molecule has 2 unspecified atom stereocenters. The fourth-order valence-corrected chi connectivity index (χ4v) is 12.8. The van der Waals surface area contributed by atoms with E-state index >= 15 is 0 Å². The molecular formula is C63H93F5N9O12-. The number of nitrogens with zero attached hydrogens (tertiary/aromatic N) is 4. The molecule has 0 aromatic heterocycles. The summed E-state index contributed by atoms with van der Waals surface area (Å²) in [5.41, 5.74) is 4.15. The van der Waals surface area contributed by atoms with Gasteiger partial charge in [-0.05, 0) is 88.5 Å². The Morgan fingerprint density at radius 1 is 0.742 bits per heavy atom. The summed E-state index contributed by atoms with van der Waals surface area (Å²) in [6.45, 7) is 9.16. The normalized spacial score (nSPS) is 21.1. The third-order valence-electron chi connectivity index (χ3n) is 17.3. The highest BCUT2D eigenvalue weighted by molar-refractivity contribution is 5.99. The van der Waals surface area contributed by atoms with Crippen molar-refractivity contribution < 1.29 is 79.0 Å². The Labute approximate surface area is 519 Å².